The number of carbonyl (C=O) groups is 1. The number of benzene rings is 1. The number of hydrogen-bond acceptors (Lipinski definition) is 2. The summed E-state index contributed by atoms with van der Waals surface area (Å²) in [5.41, 5.74) is 3.82. The Kier molecular flexibility index (Phi) is 4.38. The van der Waals surface area contributed by atoms with Gasteiger partial charge in [-0.2, -0.15) is 5.10 Å². The molecule has 0 unspecified atom stereocenters. The highest BCUT2D eigenvalue weighted by molar-refractivity contribution is 5.95. The van der Waals surface area contributed by atoms with Crippen LogP contribution in [-0.2, 0) is 6.42 Å². The van der Waals surface area contributed by atoms with E-state index in [9.17, 15) is 4.79 Å². The van der Waals surface area contributed by atoms with Gasteiger partial charge in [0.25, 0.3) is 5.91 Å². The Labute approximate surface area is 120 Å². The van der Waals surface area contributed by atoms with E-state index < -0.39 is 0 Å². The molecule has 1 aromatic heterocycles. The molecule has 2 rings (SSSR count). The molecule has 0 aliphatic rings. The van der Waals surface area contributed by atoms with Crippen LogP contribution in [0.25, 0.3) is 0 Å². The maximum absolute atomic E-state index is 12.5. The largest absolute Gasteiger partial charge is 0.278 e. The number of rotatable bonds is 4. The maximum Gasteiger partial charge on any atom is 0.278 e. The predicted molar refractivity (Wildman–Crippen MR) is 81.0 cm³/mol. The molecule has 0 bridgehead atoms. The lowest BCUT2D eigenvalue weighted by Crippen LogP contribution is -2.15. The average Bonchev–Trinajstić information content (AvgIpc) is 2.72. The van der Waals surface area contributed by atoms with Crippen LogP contribution in [0.1, 0.15) is 47.6 Å². The molecule has 0 saturated carbocycles. The molecule has 3 heteroatoms. The number of aryl methyl sites for hydroxylation is 1. The monoisotopic (exact) mass is 270 g/mol. The fourth-order valence-corrected chi connectivity index (χ4v) is 2.37. The highest BCUT2D eigenvalue weighted by Crippen LogP contribution is 2.18. The average molecular weight is 270 g/mol. The Morgan fingerprint density at radius 1 is 1.20 bits per heavy atom. The molecule has 0 amide bonds. The highest BCUT2D eigenvalue weighted by Gasteiger charge is 2.17. The molecular weight excluding hydrogens is 248 g/mol. The number of nitrogens with zero attached hydrogens (tertiary/aromatic N) is 2. The van der Waals surface area contributed by atoms with Crippen LogP contribution in [0.2, 0.25) is 0 Å². The van der Waals surface area contributed by atoms with Gasteiger partial charge in [-0.05, 0) is 50.3 Å². The molecule has 0 saturated heterocycles. The van der Waals surface area contributed by atoms with Crippen LogP contribution in [0.15, 0.2) is 30.3 Å². The van der Waals surface area contributed by atoms with Crippen molar-refractivity contribution in [2.24, 2.45) is 5.92 Å². The van der Waals surface area contributed by atoms with E-state index in [-0.39, 0.29) is 5.91 Å². The van der Waals surface area contributed by atoms with E-state index in [1.165, 1.54) is 5.56 Å². The fourth-order valence-electron chi connectivity index (χ4n) is 2.37. The topological polar surface area (TPSA) is 34.9 Å². The van der Waals surface area contributed by atoms with Gasteiger partial charge in [-0.3, -0.25) is 4.79 Å². The molecular formula is C17H22N2O. The molecule has 3 nitrogen and oxygen atoms in total. The fraction of sp³-hybridized carbons (Fsp3) is 0.412. The zero-order valence-electron chi connectivity index (χ0n) is 12.7. The van der Waals surface area contributed by atoms with E-state index >= 15 is 0 Å². The molecule has 1 aromatic carbocycles. The molecule has 20 heavy (non-hydrogen) atoms. The van der Waals surface area contributed by atoms with Crippen molar-refractivity contribution in [3.63, 3.8) is 0 Å². The van der Waals surface area contributed by atoms with Crippen molar-refractivity contribution in [3.05, 3.63) is 52.8 Å². The third-order valence-corrected chi connectivity index (χ3v) is 3.63. The van der Waals surface area contributed by atoms with Crippen molar-refractivity contribution in [3.8, 4) is 0 Å². The Bertz CT molecular complexity index is 597. The van der Waals surface area contributed by atoms with E-state index in [0.717, 1.165) is 24.2 Å². The van der Waals surface area contributed by atoms with Crippen molar-refractivity contribution in [2.75, 3.05) is 0 Å². The summed E-state index contributed by atoms with van der Waals surface area (Å²) in [4.78, 5) is 12.5. The van der Waals surface area contributed by atoms with Crippen LogP contribution in [0.4, 0.5) is 0 Å². The van der Waals surface area contributed by atoms with Crippen molar-refractivity contribution < 1.29 is 4.79 Å². The first-order valence-corrected chi connectivity index (χ1v) is 7.15. The van der Waals surface area contributed by atoms with Gasteiger partial charge in [-0.15, -0.1) is 0 Å². The first-order valence-electron chi connectivity index (χ1n) is 7.15. The smallest absolute Gasteiger partial charge is 0.267 e. The Morgan fingerprint density at radius 3 is 2.45 bits per heavy atom. The lowest BCUT2D eigenvalue weighted by molar-refractivity contribution is 0.0942. The first kappa shape index (κ1) is 14.5. The van der Waals surface area contributed by atoms with Crippen LogP contribution >= 0.6 is 0 Å². The summed E-state index contributed by atoms with van der Waals surface area (Å²) in [6, 6.07) is 9.31. The van der Waals surface area contributed by atoms with Crippen LogP contribution in [0.3, 0.4) is 0 Å². The van der Waals surface area contributed by atoms with E-state index in [0.29, 0.717) is 11.5 Å². The Hall–Kier alpha value is -1.90. The van der Waals surface area contributed by atoms with Gasteiger partial charge < -0.3 is 0 Å². The zero-order chi connectivity index (χ0) is 14.7. The summed E-state index contributed by atoms with van der Waals surface area (Å²) >= 11 is 0. The van der Waals surface area contributed by atoms with E-state index in [1.54, 1.807) is 4.68 Å². The highest BCUT2D eigenvalue weighted by atomic mass is 16.2. The maximum atomic E-state index is 12.5. The van der Waals surface area contributed by atoms with Gasteiger partial charge in [0.2, 0.25) is 0 Å². The van der Waals surface area contributed by atoms with Crippen LogP contribution in [-0.4, -0.2) is 15.7 Å². The van der Waals surface area contributed by atoms with Crippen molar-refractivity contribution in [1.82, 2.24) is 9.78 Å². The molecule has 0 atom stereocenters. The number of aromatic nitrogens is 2. The van der Waals surface area contributed by atoms with E-state index in [1.807, 2.05) is 44.2 Å². The molecule has 0 radical (unpaired) electrons. The normalized spacial score (nSPS) is 11.1. The van der Waals surface area contributed by atoms with Crippen LogP contribution < -0.4 is 0 Å². The lowest BCUT2D eigenvalue weighted by atomic mass is 10.0. The second-order valence-electron chi connectivity index (χ2n) is 5.66. The molecule has 0 fully saturated rings. The summed E-state index contributed by atoms with van der Waals surface area (Å²) in [5, 5.41) is 4.43. The minimum Gasteiger partial charge on any atom is -0.267 e. The SMILES string of the molecule is Cc1nn(C(=O)c2ccccc2)c(C)c1CCC(C)C. The second kappa shape index (κ2) is 6.04. The van der Waals surface area contributed by atoms with E-state index in [2.05, 4.69) is 18.9 Å². The molecule has 106 valence electrons. The summed E-state index contributed by atoms with van der Waals surface area (Å²) in [7, 11) is 0. The van der Waals surface area contributed by atoms with Gasteiger partial charge >= 0.3 is 0 Å². The molecule has 0 N–H and O–H groups in total. The summed E-state index contributed by atoms with van der Waals surface area (Å²) in [6.07, 6.45) is 2.10. The number of carbonyl (C=O) groups excluding carboxylic acids is 1. The van der Waals surface area contributed by atoms with Crippen molar-refractivity contribution >= 4 is 5.91 Å². The minimum atomic E-state index is -0.0537. The standard InChI is InChI=1S/C17H22N2O/c1-12(2)10-11-16-13(3)18-19(14(16)4)17(20)15-8-6-5-7-9-15/h5-9,12H,10-11H2,1-4H3. The third kappa shape index (κ3) is 2.98. The quantitative estimate of drug-likeness (QED) is 0.847. The van der Waals surface area contributed by atoms with Crippen LogP contribution in [0, 0.1) is 19.8 Å². The summed E-state index contributed by atoms with van der Waals surface area (Å²) in [5.74, 6) is 0.601. The van der Waals surface area contributed by atoms with Crippen molar-refractivity contribution in [2.45, 2.75) is 40.5 Å². The van der Waals surface area contributed by atoms with Gasteiger partial charge in [-0.1, -0.05) is 32.0 Å². The van der Waals surface area contributed by atoms with Crippen LogP contribution in [0.5, 0.6) is 0 Å². The Balaban J connectivity index is 2.30. The molecule has 0 aliphatic carbocycles. The predicted octanol–water partition coefficient (Wildman–Crippen LogP) is 3.78. The summed E-state index contributed by atoms with van der Waals surface area (Å²) < 4.78 is 1.54. The molecule has 0 aliphatic heterocycles. The van der Waals surface area contributed by atoms with Gasteiger partial charge in [0, 0.05) is 11.3 Å². The van der Waals surface area contributed by atoms with Gasteiger partial charge in [0.1, 0.15) is 0 Å². The summed E-state index contributed by atoms with van der Waals surface area (Å²) in [6.45, 7) is 8.39. The first-order chi connectivity index (χ1) is 9.50. The second-order valence-corrected chi connectivity index (χ2v) is 5.66. The molecule has 2 aromatic rings. The van der Waals surface area contributed by atoms with Gasteiger partial charge in [0.15, 0.2) is 0 Å². The minimum absolute atomic E-state index is 0.0537. The van der Waals surface area contributed by atoms with Gasteiger partial charge in [-0.25, -0.2) is 4.68 Å². The molecule has 0 spiro atoms. The van der Waals surface area contributed by atoms with E-state index in [4.69, 9.17) is 0 Å². The van der Waals surface area contributed by atoms with Crippen molar-refractivity contribution in [1.29, 1.82) is 0 Å². The van der Waals surface area contributed by atoms with Gasteiger partial charge in [0.05, 0.1) is 5.69 Å². The molecule has 1 heterocycles. The zero-order valence-corrected chi connectivity index (χ0v) is 12.7. The third-order valence-electron chi connectivity index (χ3n) is 3.63. The lowest BCUT2D eigenvalue weighted by Gasteiger charge is -2.06. The number of hydrogen-bond donors (Lipinski definition) is 0. The Morgan fingerprint density at radius 2 is 1.85 bits per heavy atom.